The van der Waals surface area contributed by atoms with Crippen LogP contribution in [-0.4, -0.2) is 63.0 Å². The summed E-state index contributed by atoms with van der Waals surface area (Å²) in [6.45, 7) is 1.89. The van der Waals surface area contributed by atoms with Gasteiger partial charge in [0, 0.05) is 26.2 Å². The molecule has 2 saturated heterocycles. The summed E-state index contributed by atoms with van der Waals surface area (Å²) in [6, 6.07) is 10.0. The number of nitrogens with one attached hydrogen (secondary N) is 2. The van der Waals surface area contributed by atoms with Crippen molar-refractivity contribution in [2.24, 2.45) is 5.41 Å². The topological polar surface area (TPSA) is 115 Å². The number of hydrogen-bond acceptors (Lipinski definition) is 7. The van der Waals surface area contributed by atoms with Crippen molar-refractivity contribution < 1.29 is 27.1 Å². The van der Waals surface area contributed by atoms with Gasteiger partial charge < -0.3 is 20.2 Å². The van der Waals surface area contributed by atoms with Crippen LogP contribution in [-0.2, 0) is 10.0 Å². The van der Waals surface area contributed by atoms with Gasteiger partial charge in [-0.15, -0.1) is 0 Å². The van der Waals surface area contributed by atoms with Gasteiger partial charge in [0.05, 0.1) is 29.3 Å². The van der Waals surface area contributed by atoms with Crippen LogP contribution in [0.25, 0.3) is 0 Å². The Kier molecular flexibility index (Phi) is 7.77. The van der Waals surface area contributed by atoms with E-state index in [1.807, 2.05) is 4.90 Å². The molecule has 3 aliphatic rings. The van der Waals surface area contributed by atoms with E-state index in [0.29, 0.717) is 47.1 Å². The Morgan fingerprint density at radius 3 is 2.36 bits per heavy atom. The average Bonchev–Trinajstić information content (AvgIpc) is 3.67. The minimum atomic E-state index is -3.72. The smallest absolute Gasteiger partial charge is 0.269 e. The van der Waals surface area contributed by atoms with Gasteiger partial charge in [-0.1, -0.05) is 6.07 Å². The summed E-state index contributed by atoms with van der Waals surface area (Å²) >= 11 is 0. The second kappa shape index (κ2) is 11.1. The molecule has 210 valence electrons. The second-order valence-corrected chi connectivity index (χ2v) is 12.4. The Bertz CT molecular complexity index is 1360. The van der Waals surface area contributed by atoms with Crippen LogP contribution in [0.3, 0.4) is 0 Å². The van der Waals surface area contributed by atoms with Crippen molar-refractivity contribution in [3.8, 4) is 0 Å². The molecule has 2 aliphatic heterocycles. The first-order valence-corrected chi connectivity index (χ1v) is 14.9. The summed E-state index contributed by atoms with van der Waals surface area (Å²) in [6.07, 6.45) is 3.45. The third-order valence-corrected chi connectivity index (χ3v) is 9.20. The van der Waals surface area contributed by atoms with Crippen LogP contribution < -0.4 is 19.8 Å². The number of aliphatic hydroxyl groups is 1. The van der Waals surface area contributed by atoms with Crippen molar-refractivity contribution in [2.45, 2.75) is 38.5 Å². The molecule has 1 saturated carbocycles. The number of pyridine rings is 1. The van der Waals surface area contributed by atoms with Gasteiger partial charge in [0.2, 0.25) is 10.0 Å². The molecule has 1 aliphatic carbocycles. The van der Waals surface area contributed by atoms with Crippen LogP contribution in [0.2, 0.25) is 0 Å². The molecule has 0 bridgehead atoms. The summed E-state index contributed by atoms with van der Waals surface area (Å²) in [5, 5.41) is 11.9. The van der Waals surface area contributed by atoms with E-state index in [0.717, 1.165) is 25.9 Å². The van der Waals surface area contributed by atoms with Gasteiger partial charge in [0.25, 0.3) is 12.0 Å². The lowest BCUT2D eigenvalue weighted by Gasteiger charge is -2.35. The molecule has 1 aromatic carbocycles. The number of anilines is 4. The number of sulfonamides is 1. The Balaban J connectivity index is 1.35. The molecule has 3 heterocycles. The molecular weight excluding hydrogens is 528 g/mol. The van der Waals surface area contributed by atoms with Crippen molar-refractivity contribution in [2.75, 3.05) is 58.4 Å². The highest BCUT2D eigenvalue weighted by Crippen LogP contribution is 2.54. The zero-order valence-corrected chi connectivity index (χ0v) is 22.4. The van der Waals surface area contributed by atoms with Crippen LogP contribution in [0.15, 0.2) is 48.1 Å². The summed E-state index contributed by atoms with van der Waals surface area (Å²) in [5.41, 5.74) is 1.95. The van der Waals surface area contributed by atoms with Gasteiger partial charge in [0.1, 0.15) is 11.6 Å². The normalized spacial score (nSPS) is 18.7. The van der Waals surface area contributed by atoms with Crippen LogP contribution in [0, 0.1) is 5.41 Å². The maximum absolute atomic E-state index is 13.5. The molecule has 1 amide bonds. The number of hydrogen-bond donors (Lipinski definition) is 3. The second-order valence-electron chi connectivity index (χ2n) is 10.5. The van der Waals surface area contributed by atoms with Crippen LogP contribution in [0.5, 0.6) is 0 Å². The molecule has 9 nitrogen and oxygen atoms in total. The number of carbonyl (C=O) groups is 1. The first kappa shape index (κ1) is 27.3. The van der Waals surface area contributed by atoms with E-state index in [2.05, 4.69) is 19.9 Å². The van der Waals surface area contributed by atoms with E-state index in [4.69, 9.17) is 5.11 Å². The van der Waals surface area contributed by atoms with Crippen molar-refractivity contribution in [1.29, 1.82) is 0 Å². The molecule has 2 aromatic rings. The Labute approximate surface area is 227 Å². The number of benzene rings is 1. The Hall–Kier alpha value is -3.25. The van der Waals surface area contributed by atoms with Gasteiger partial charge in [-0.05, 0) is 79.8 Å². The van der Waals surface area contributed by atoms with Crippen LogP contribution in [0.4, 0.5) is 31.8 Å². The zero-order chi connectivity index (χ0) is 27.6. The predicted molar refractivity (Wildman–Crippen MR) is 147 cm³/mol. The first-order chi connectivity index (χ1) is 18.7. The fourth-order valence-corrected chi connectivity index (χ4v) is 6.17. The molecule has 12 heteroatoms. The van der Waals surface area contributed by atoms with Crippen molar-refractivity contribution in [1.82, 2.24) is 4.98 Å². The number of aliphatic hydroxyl groups excluding tert-OH is 1. The van der Waals surface area contributed by atoms with Gasteiger partial charge in [0.15, 0.2) is 0 Å². The van der Waals surface area contributed by atoms with Crippen molar-refractivity contribution in [3.05, 3.63) is 53.6 Å². The van der Waals surface area contributed by atoms with Crippen LogP contribution >= 0.6 is 0 Å². The summed E-state index contributed by atoms with van der Waals surface area (Å²) in [5.74, 6) is 0.140. The molecule has 1 spiro atoms. The SMILES string of the molecule is O=C(Nc1cccc(N2CCC(=C(F)F)CC2)n1)c1ccc(NS(=O)(=O)CCO)cc1N1CCC2(CC1)CC2. The lowest BCUT2D eigenvalue weighted by atomic mass is 9.93. The molecule has 3 N–H and O–H groups in total. The molecule has 0 unspecified atom stereocenters. The number of amides is 1. The van der Waals surface area contributed by atoms with Crippen molar-refractivity contribution >= 4 is 38.9 Å². The van der Waals surface area contributed by atoms with Gasteiger partial charge in [-0.3, -0.25) is 9.52 Å². The number of halogens is 2. The lowest BCUT2D eigenvalue weighted by Crippen LogP contribution is -2.36. The van der Waals surface area contributed by atoms with Gasteiger partial charge in [-0.25, -0.2) is 13.4 Å². The van der Waals surface area contributed by atoms with Crippen LogP contribution in [0.1, 0.15) is 48.9 Å². The van der Waals surface area contributed by atoms with E-state index in [1.54, 1.807) is 30.3 Å². The predicted octanol–water partition coefficient (Wildman–Crippen LogP) is 4.20. The zero-order valence-electron chi connectivity index (χ0n) is 21.6. The van der Waals surface area contributed by atoms with E-state index in [9.17, 15) is 22.0 Å². The highest BCUT2D eigenvalue weighted by atomic mass is 32.2. The molecule has 5 rings (SSSR count). The molecule has 0 radical (unpaired) electrons. The number of rotatable bonds is 8. The summed E-state index contributed by atoms with van der Waals surface area (Å²) in [4.78, 5) is 22.1. The molecule has 0 atom stereocenters. The minimum absolute atomic E-state index is 0.177. The largest absolute Gasteiger partial charge is 0.395 e. The lowest BCUT2D eigenvalue weighted by molar-refractivity contribution is 0.102. The highest BCUT2D eigenvalue weighted by molar-refractivity contribution is 7.92. The Morgan fingerprint density at radius 2 is 1.72 bits per heavy atom. The fraction of sp³-hybridized carbons (Fsp3) is 0.481. The summed E-state index contributed by atoms with van der Waals surface area (Å²) in [7, 11) is -3.72. The summed E-state index contributed by atoms with van der Waals surface area (Å²) < 4.78 is 52.8. The third kappa shape index (κ3) is 6.50. The number of carbonyl (C=O) groups excluding carboxylic acids is 1. The first-order valence-electron chi connectivity index (χ1n) is 13.2. The average molecular weight is 562 g/mol. The third-order valence-electron chi connectivity index (χ3n) is 7.93. The minimum Gasteiger partial charge on any atom is -0.395 e. The molecule has 3 fully saturated rings. The van der Waals surface area contributed by atoms with Gasteiger partial charge >= 0.3 is 0 Å². The maximum atomic E-state index is 13.5. The Morgan fingerprint density at radius 1 is 1.00 bits per heavy atom. The standard InChI is InChI=1S/C27H33F2N5O4S/c28-25(29)19-6-12-34(13-7-19)24-3-1-2-23(30-24)31-26(36)21-5-4-20(32-39(37,38)17-16-35)18-22(21)33-14-10-27(8-9-27)11-15-33/h1-5,18,32,35H,6-17H2,(H,30,31,36). The highest BCUT2D eigenvalue weighted by Gasteiger charge is 2.44. The monoisotopic (exact) mass is 561 g/mol. The maximum Gasteiger partial charge on any atom is 0.269 e. The molecule has 1 aromatic heterocycles. The van der Waals surface area contributed by atoms with E-state index >= 15 is 0 Å². The quantitative estimate of drug-likeness (QED) is 0.443. The van der Waals surface area contributed by atoms with Gasteiger partial charge in [-0.2, -0.15) is 8.78 Å². The number of aromatic nitrogens is 1. The van der Waals surface area contributed by atoms with E-state index in [1.165, 1.54) is 18.9 Å². The van der Waals surface area contributed by atoms with Crippen molar-refractivity contribution in [3.63, 3.8) is 0 Å². The van der Waals surface area contributed by atoms with E-state index in [-0.39, 0.29) is 24.3 Å². The number of piperidine rings is 2. The van der Waals surface area contributed by atoms with E-state index < -0.39 is 28.5 Å². The fourth-order valence-electron chi connectivity index (χ4n) is 5.35. The molecular formula is C27H33F2N5O4S. The number of nitrogens with zero attached hydrogens (tertiary/aromatic N) is 3. The molecule has 39 heavy (non-hydrogen) atoms.